The first-order valence-electron chi connectivity index (χ1n) is 5.92. The van der Waals surface area contributed by atoms with Crippen LogP contribution in [0.2, 0.25) is 0 Å². The van der Waals surface area contributed by atoms with Crippen molar-refractivity contribution in [3.05, 3.63) is 16.8 Å². The summed E-state index contributed by atoms with van der Waals surface area (Å²) >= 11 is 1.71. The molecular formula is C11H17N5S. The minimum absolute atomic E-state index is 0.302. The number of aromatic nitrogens is 3. The molecule has 1 fully saturated rings. The number of hydrogen-bond acceptors (Lipinski definition) is 5. The Hall–Kier alpha value is -0.980. The van der Waals surface area contributed by atoms with E-state index in [-0.39, 0.29) is 0 Å². The minimum Gasteiger partial charge on any atom is -0.328 e. The SMILES string of the molecule is Cc1nnn2c(C3CC(N)CCN3C)csc12. The van der Waals surface area contributed by atoms with Crippen molar-refractivity contribution >= 4 is 16.2 Å². The van der Waals surface area contributed by atoms with Gasteiger partial charge in [-0.15, -0.1) is 16.4 Å². The molecule has 0 bridgehead atoms. The van der Waals surface area contributed by atoms with E-state index in [0.29, 0.717) is 12.1 Å². The summed E-state index contributed by atoms with van der Waals surface area (Å²) in [6, 6.07) is 0.671. The molecule has 6 heteroatoms. The molecule has 0 radical (unpaired) electrons. The zero-order valence-corrected chi connectivity index (χ0v) is 10.9. The Labute approximate surface area is 104 Å². The summed E-state index contributed by atoms with van der Waals surface area (Å²) in [4.78, 5) is 3.51. The van der Waals surface area contributed by atoms with E-state index in [1.807, 2.05) is 11.4 Å². The van der Waals surface area contributed by atoms with Gasteiger partial charge >= 0.3 is 0 Å². The van der Waals surface area contributed by atoms with E-state index in [1.165, 1.54) is 5.69 Å². The summed E-state index contributed by atoms with van der Waals surface area (Å²) in [5, 5.41) is 10.5. The summed E-state index contributed by atoms with van der Waals surface area (Å²) in [7, 11) is 2.16. The van der Waals surface area contributed by atoms with Gasteiger partial charge in [0.2, 0.25) is 0 Å². The largest absolute Gasteiger partial charge is 0.328 e. The first-order chi connectivity index (χ1) is 8.16. The van der Waals surface area contributed by atoms with Crippen LogP contribution < -0.4 is 5.73 Å². The van der Waals surface area contributed by atoms with Crippen LogP contribution in [-0.2, 0) is 0 Å². The van der Waals surface area contributed by atoms with Crippen molar-refractivity contribution in [1.29, 1.82) is 0 Å². The average molecular weight is 251 g/mol. The molecule has 2 N–H and O–H groups in total. The highest BCUT2D eigenvalue weighted by atomic mass is 32.1. The van der Waals surface area contributed by atoms with Crippen LogP contribution in [0.1, 0.15) is 30.3 Å². The number of likely N-dealkylation sites (tertiary alicyclic amines) is 1. The van der Waals surface area contributed by atoms with Crippen LogP contribution in [0.4, 0.5) is 0 Å². The summed E-state index contributed by atoms with van der Waals surface area (Å²) in [5.41, 5.74) is 8.30. The van der Waals surface area contributed by atoms with Gasteiger partial charge in [-0.1, -0.05) is 5.21 Å². The van der Waals surface area contributed by atoms with Gasteiger partial charge in [0.05, 0.1) is 17.4 Å². The molecular weight excluding hydrogens is 234 g/mol. The molecule has 0 saturated carbocycles. The summed E-state index contributed by atoms with van der Waals surface area (Å²) < 4.78 is 1.97. The number of hydrogen-bond donors (Lipinski definition) is 1. The Kier molecular flexibility index (Phi) is 2.65. The Morgan fingerprint density at radius 3 is 3.18 bits per heavy atom. The summed E-state index contributed by atoms with van der Waals surface area (Å²) in [6.07, 6.45) is 2.08. The smallest absolute Gasteiger partial charge is 0.142 e. The van der Waals surface area contributed by atoms with Crippen LogP contribution in [-0.4, -0.2) is 39.4 Å². The van der Waals surface area contributed by atoms with E-state index < -0.39 is 0 Å². The second-order valence-electron chi connectivity index (χ2n) is 4.83. The van der Waals surface area contributed by atoms with Gasteiger partial charge in [0, 0.05) is 11.4 Å². The Morgan fingerprint density at radius 1 is 1.53 bits per heavy atom. The zero-order chi connectivity index (χ0) is 12.0. The van der Waals surface area contributed by atoms with Crippen LogP contribution in [0.15, 0.2) is 5.38 Å². The van der Waals surface area contributed by atoms with Crippen LogP contribution in [0.25, 0.3) is 4.83 Å². The quantitative estimate of drug-likeness (QED) is 0.827. The van der Waals surface area contributed by atoms with Gasteiger partial charge in [-0.2, -0.15) is 0 Å². The molecule has 0 aromatic carbocycles. The fourth-order valence-corrected chi connectivity index (χ4v) is 3.44. The second kappa shape index (κ2) is 4.04. The highest BCUT2D eigenvalue weighted by Crippen LogP contribution is 2.32. The van der Waals surface area contributed by atoms with Gasteiger partial charge in [0.15, 0.2) is 0 Å². The number of fused-ring (bicyclic) bond motifs is 1. The predicted octanol–water partition coefficient (Wildman–Crippen LogP) is 1.19. The first kappa shape index (κ1) is 11.1. The monoisotopic (exact) mass is 251 g/mol. The first-order valence-corrected chi connectivity index (χ1v) is 6.80. The third kappa shape index (κ3) is 1.76. The maximum Gasteiger partial charge on any atom is 0.142 e. The Morgan fingerprint density at radius 2 is 2.35 bits per heavy atom. The van der Waals surface area contributed by atoms with Crippen LogP contribution >= 0.6 is 11.3 Å². The van der Waals surface area contributed by atoms with Crippen molar-refractivity contribution in [3.8, 4) is 0 Å². The third-order valence-corrected chi connectivity index (χ3v) is 4.62. The molecule has 2 atom stereocenters. The minimum atomic E-state index is 0.302. The number of thiazole rings is 1. The van der Waals surface area contributed by atoms with Crippen molar-refractivity contribution in [3.63, 3.8) is 0 Å². The highest BCUT2D eigenvalue weighted by Gasteiger charge is 2.28. The van der Waals surface area contributed by atoms with Gasteiger partial charge in [0.1, 0.15) is 4.83 Å². The molecule has 0 aliphatic carbocycles. The van der Waals surface area contributed by atoms with E-state index in [4.69, 9.17) is 5.73 Å². The van der Waals surface area contributed by atoms with Gasteiger partial charge in [0.25, 0.3) is 0 Å². The molecule has 2 aromatic rings. The van der Waals surface area contributed by atoms with E-state index in [9.17, 15) is 0 Å². The zero-order valence-electron chi connectivity index (χ0n) is 10.1. The molecule has 2 unspecified atom stereocenters. The summed E-state index contributed by atoms with van der Waals surface area (Å²) in [6.45, 7) is 3.05. The number of nitrogens with zero attached hydrogens (tertiary/aromatic N) is 4. The topological polar surface area (TPSA) is 59.5 Å². The van der Waals surface area contributed by atoms with Gasteiger partial charge in [-0.05, 0) is 33.4 Å². The van der Waals surface area contributed by atoms with E-state index in [2.05, 4.69) is 27.6 Å². The molecule has 92 valence electrons. The normalized spacial score (nSPS) is 26.8. The van der Waals surface area contributed by atoms with Crippen LogP contribution in [0, 0.1) is 6.92 Å². The Balaban J connectivity index is 2.02. The van der Waals surface area contributed by atoms with Crippen molar-refractivity contribution in [2.24, 2.45) is 5.73 Å². The van der Waals surface area contributed by atoms with Crippen molar-refractivity contribution in [1.82, 2.24) is 19.7 Å². The van der Waals surface area contributed by atoms with E-state index >= 15 is 0 Å². The fourth-order valence-electron chi connectivity index (χ4n) is 2.49. The van der Waals surface area contributed by atoms with Crippen molar-refractivity contribution in [2.45, 2.75) is 31.8 Å². The molecule has 17 heavy (non-hydrogen) atoms. The maximum absolute atomic E-state index is 6.07. The molecule has 2 aromatic heterocycles. The third-order valence-electron chi connectivity index (χ3n) is 3.57. The molecule has 1 aliphatic heterocycles. The predicted molar refractivity (Wildman–Crippen MR) is 68.2 cm³/mol. The molecule has 3 rings (SSSR count). The van der Waals surface area contributed by atoms with E-state index in [1.54, 1.807) is 11.3 Å². The fraction of sp³-hybridized carbons (Fsp3) is 0.636. The van der Waals surface area contributed by atoms with Gasteiger partial charge < -0.3 is 5.73 Å². The number of rotatable bonds is 1. The molecule has 3 heterocycles. The average Bonchev–Trinajstić information content (AvgIpc) is 2.86. The lowest BCUT2D eigenvalue weighted by Gasteiger charge is -2.35. The van der Waals surface area contributed by atoms with E-state index in [0.717, 1.165) is 29.9 Å². The molecule has 0 amide bonds. The lowest BCUT2D eigenvalue weighted by Crippen LogP contribution is -2.40. The Bertz CT molecular complexity index is 531. The lowest BCUT2D eigenvalue weighted by molar-refractivity contribution is 0.166. The molecule has 1 aliphatic rings. The molecule has 1 saturated heterocycles. The van der Waals surface area contributed by atoms with Crippen LogP contribution in [0.5, 0.6) is 0 Å². The second-order valence-corrected chi connectivity index (χ2v) is 5.69. The molecule has 0 spiro atoms. The maximum atomic E-state index is 6.07. The number of aryl methyl sites for hydroxylation is 1. The van der Waals surface area contributed by atoms with Crippen LogP contribution in [0.3, 0.4) is 0 Å². The highest BCUT2D eigenvalue weighted by molar-refractivity contribution is 7.15. The molecule has 5 nitrogen and oxygen atoms in total. The van der Waals surface area contributed by atoms with Crippen molar-refractivity contribution in [2.75, 3.05) is 13.6 Å². The lowest BCUT2D eigenvalue weighted by atomic mass is 9.97. The standard InChI is InChI=1S/C11H17N5S/c1-7-11-16(14-13-7)10(6-17-11)9-5-8(12)3-4-15(9)2/h6,8-9H,3-5,12H2,1-2H3. The number of nitrogens with two attached hydrogens (primary N) is 1. The van der Waals surface area contributed by atoms with Gasteiger partial charge in [-0.25, -0.2) is 4.52 Å². The van der Waals surface area contributed by atoms with Gasteiger partial charge in [-0.3, -0.25) is 4.90 Å². The number of piperidine rings is 1. The summed E-state index contributed by atoms with van der Waals surface area (Å²) in [5.74, 6) is 0. The van der Waals surface area contributed by atoms with Crippen molar-refractivity contribution < 1.29 is 0 Å².